The Labute approximate surface area is 155 Å². The van der Waals surface area contributed by atoms with E-state index in [2.05, 4.69) is 27.4 Å². The molecule has 3 heterocycles. The van der Waals surface area contributed by atoms with Crippen LogP contribution >= 0.6 is 11.3 Å². The van der Waals surface area contributed by atoms with Gasteiger partial charge in [-0.3, -0.25) is 4.79 Å². The van der Waals surface area contributed by atoms with E-state index in [-0.39, 0.29) is 12.3 Å². The van der Waals surface area contributed by atoms with Crippen LogP contribution in [0.5, 0.6) is 0 Å². The summed E-state index contributed by atoms with van der Waals surface area (Å²) in [4.78, 5) is 20.1. The number of carbonyl (C=O) groups is 1. The van der Waals surface area contributed by atoms with Gasteiger partial charge in [-0.15, -0.1) is 11.3 Å². The van der Waals surface area contributed by atoms with E-state index in [1.165, 1.54) is 11.3 Å². The van der Waals surface area contributed by atoms with Crippen LogP contribution in [0.1, 0.15) is 17.8 Å². The number of carbonyl (C=O) groups excluding carboxylic acids is 1. The molecule has 0 atom stereocenters. The lowest BCUT2D eigenvalue weighted by Gasteiger charge is -2.23. The third kappa shape index (κ3) is 3.84. The summed E-state index contributed by atoms with van der Waals surface area (Å²) in [6.07, 6.45) is 4.09. The molecule has 7 heteroatoms. The summed E-state index contributed by atoms with van der Waals surface area (Å²) in [5.74, 6) is 0.532. The molecule has 6 nitrogen and oxygen atoms in total. The third-order valence-electron chi connectivity index (χ3n) is 4.43. The molecule has 1 amide bonds. The van der Waals surface area contributed by atoms with Gasteiger partial charge in [-0.2, -0.15) is 0 Å². The van der Waals surface area contributed by atoms with Gasteiger partial charge < -0.3 is 15.8 Å². The van der Waals surface area contributed by atoms with Crippen molar-refractivity contribution in [1.82, 2.24) is 9.97 Å². The first-order valence-corrected chi connectivity index (χ1v) is 9.47. The lowest BCUT2D eigenvalue weighted by atomic mass is 10.1. The van der Waals surface area contributed by atoms with Crippen LogP contribution in [0.2, 0.25) is 0 Å². The normalized spacial score (nSPS) is 15.2. The van der Waals surface area contributed by atoms with Crippen LogP contribution in [0.25, 0.3) is 21.3 Å². The summed E-state index contributed by atoms with van der Waals surface area (Å²) in [6, 6.07) is 10.6. The van der Waals surface area contributed by atoms with Crippen LogP contribution in [0.15, 0.2) is 36.5 Å². The Balaban J connectivity index is 1.51. The molecule has 0 saturated carbocycles. The molecule has 0 radical (unpaired) electrons. The lowest BCUT2D eigenvalue weighted by Crippen LogP contribution is -2.28. The molecule has 3 aromatic rings. The monoisotopic (exact) mass is 368 g/mol. The van der Waals surface area contributed by atoms with Gasteiger partial charge in [-0.1, -0.05) is 6.07 Å². The van der Waals surface area contributed by atoms with Gasteiger partial charge in [0.05, 0.1) is 16.6 Å². The van der Waals surface area contributed by atoms with Crippen molar-refractivity contribution in [3.63, 3.8) is 0 Å². The molecular formula is C19H20N4O2S. The van der Waals surface area contributed by atoms with E-state index >= 15 is 0 Å². The molecule has 0 spiro atoms. The number of fused-ring (bicyclic) bond motifs is 1. The molecule has 134 valence electrons. The van der Waals surface area contributed by atoms with Crippen LogP contribution < -0.4 is 11.1 Å². The molecule has 1 aromatic carbocycles. The molecule has 1 fully saturated rings. The quantitative estimate of drug-likeness (QED) is 0.722. The number of primary amides is 1. The van der Waals surface area contributed by atoms with Crippen molar-refractivity contribution in [3.05, 3.63) is 41.5 Å². The van der Waals surface area contributed by atoms with Gasteiger partial charge in [0.1, 0.15) is 10.8 Å². The fraction of sp³-hybridized carbons (Fsp3) is 0.316. The second-order valence-electron chi connectivity index (χ2n) is 6.40. The molecule has 1 aliphatic heterocycles. The largest absolute Gasteiger partial charge is 0.381 e. The Morgan fingerprint density at radius 2 is 2.04 bits per heavy atom. The van der Waals surface area contributed by atoms with Crippen molar-refractivity contribution >= 4 is 33.3 Å². The predicted octanol–water partition coefficient (Wildman–Crippen LogP) is 2.98. The van der Waals surface area contributed by atoms with Crippen molar-refractivity contribution in [2.45, 2.75) is 25.3 Å². The number of nitrogens with zero attached hydrogens (tertiary/aromatic N) is 2. The summed E-state index contributed by atoms with van der Waals surface area (Å²) in [5, 5.41) is 4.22. The van der Waals surface area contributed by atoms with Crippen molar-refractivity contribution in [1.29, 1.82) is 0 Å². The topological polar surface area (TPSA) is 90.1 Å². The van der Waals surface area contributed by atoms with E-state index in [0.29, 0.717) is 6.04 Å². The smallest absolute Gasteiger partial charge is 0.224 e. The van der Waals surface area contributed by atoms with Crippen molar-refractivity contribution < 1.29 is 9.53 Å². The Morgan fingerprint density at radius 1 is 1.23 bits per heavy atom. The SMILES string of the molecule is NC(=O)Cc1nc2ccc(-c3ccc(NC4CCOCC4)nc3)cc2s1. The highest BCUT2D eigenvalue weighted by Gasteiger charge is 2.14. The van der Waals surface area contributed by atoms with Crippen LogP contribution in [0.4, 0.5) is 5.82 Å². The van der Waals surface area contributed by atoms with E-state index in [0.717, 1.165) is 58.2 Å². The van der Waals surface area contributed by atoms with Gasteiger partial charge in [-0.25, -0.2) is 9.97 Å². The zero-order chi connectivity index (χ0) is 17.9. The fourth-order valence-electron chi connectivity index (χ4n) is 3.08. The number of hydrogen-bond donors (Lipinski definition) is 2. The first-order chi connectivity index (χ1) is 12.7. The van der Waals surface area contributed by atoms with E-state index in [1.807, 2.05) is 24.4 Å². The number of hydrogen-bond acceptors (Lipinski definition) is 6. The molecule has 4 rings (SSSR count). The van der Waals surface area contributed by atoms with Gasteiger partial charge in [-0.05, 0) is 42.7 Å². The third-order valence-corrected chi connectivity index (χ3v) is 5.45. The van der Waals surface area contributed by atoms with Crippen molar-refractivity contribution in [2.75, 3.05) is 18.5 Å². The molecule has 1 aliphatic rings. The summed E-state index contributed by atoms with van der Waals surface area (Å²) >= 11 is 1.50. The highest BCUT2D eigenvalue weighted by Crippen LogP contribution is 2.28. The molecule has 0 aliphatic carbocycles. The summed E-state index contributed by atoms with van der Waals surface area (Å²) < 4.78 is 6.43. The number of aromatic nitrogens is 2. The molecule has 26 heavy (non-hydrogen) atoms. The number of nitrogens with two attached hydrogens (primary N) is 1. The average Bonchev–Trinajstić information content (AvgIpc) is 3.04. The lowest BCUT2D eigenvalue weighted by molar-refractivity contribution is -0.117. The minimum Gasteiger partial charge on any atom is -0.381 e. The second-order valence-corrected chi connectivity index (χ2v) is 7.51. The number of benzene rings is 1. The van der Waals surface area contributed by atoms with Crippen molar-refractivity contribution in [3.8, 4) is 11.1 Å². The van der Waals surface area contributed by atoms with E-state index in [4.69, 9.17) is 10.5 Å². The van der Waals surface area contributed by atoms with Crippen LogP contribution in [0.3, 0.4) is 0 Å². The van der Waals surface area contributed by atoms with Gasteiger partial charge in [0.2, 0.25) is 5.91 Å². The number of nitrogens with one attached hydrogen (secondary N) is 1. The summed E-state index contributed by atoms with van der Waals surface area (Å²) in [6.45, 7) is 1.62. The highest BCUT2D eigenvalue weighted by atomic mass is 32.1. The molecule has 0 bridgehead atoms. The number of amides is 1. The minimum absolute atomic E-state index is 0.183. The summed E-state index contributed by atoms with van der Waals surface area (Å²) in [7, 11) is 0. The Morgan fingerprint density at radius 3 is 2.77 bits per heavy atom. The van der Waals surface area contributed by atoms with E-state index in [9.17, 15) is 4.79 Å². The molecule has 2 aromatic heterocycles. The number of anilines is 1. The van der Waals surface area contributed by atoms with Crippen LogP contribution in [-0.2, 0) is 16.0 Å². The van der Waals surface area contributed by atoms with Gasteiger partial charge in [0, 0.05) is 31.0 Å². The minimum atomic E-state index is -0.360. The molecule has 1 saturated heterocycles. The molecule has 0 unspecified atom stereocenters. The maximum atomic E-state index is 11.1. The van der Waals surface area contributed by atoms with Crippen molar-refractivity contribution in [2.24, 2.45) is 5.73 Å². The van der Waals surface area contributed by atoms with Crippen LogP contribution in [0, 0.1) is 0 Å². The first kappa shape index (κ1) is 16.9. The first-order valence-electron chi connectivity index (χ1n) is 8.66. The van der Waals surface area contributed by atoms with Gasteiger partial charge >= 0.3 is 0 Å². The maximum absolute atomic E-state index is 11.1. The summed E-state index contributed by atoms with van der Waals surface area (Å²) in [5.41, 5.74) is 8.28. The molecular weight excluding hydrogens is 348 g/mol. The maximum Gasteiger partial charge on any atom is 0.224 e. The zero-order valence-electron chi connectivity index (χ0n) is 14.3. The Hall–Kier alpha value is -2.51. The highest BCUT2D eigenvalue weighted by molar-refractivity contribution is 7.18. The predicted molar refractivity (Wildman–Crippen MR) is 103 cm³/mol. The number of thiazole rings is 1. The fourth-order valence-corrected chi connectivity index (χ4v) is 4.09. The van der Waals surface area contributed by atoms with Crippen LogP contribution in [-0.4, -0.2) is 35.1 Å². The molecule has 3 N–H and O–H groups in total. The standard InChI is InChI=1S/C19H20N4O2S/c20-17(24)10-19-23-15-3-1-12(9-16(15)26-19)13-2-4-18(21-11-13)22-14-5-7-25-8-6-14/h1-4,9,11,14H,5-8,10H2,(H2,20,24)(H,21,22). The number of rotatable bonds is 5. The Bertz CT molecular complexity index is 917. The Kier molecular flexibility index (Phi) is 4.81. The average molecular weight is 368 g/mol. The van der Waals surface area contributed by atoms with E-state index in [1.54, 1.807) is 0 Å². The zero-order valence-corrected chi connectivity index (χ0v) is 15.1. The number of pyridine rings is 1. The van der Waals surface area contributed by atoms with E-state index < -0.39 is 0 Å². The number of ether oxygens (including phenoxy) is 1. The second kappa shape index (κ2) is 7.39. The van der Waals surface area contributed by atoms with Gasteiger partial charge in [0.15, 0.2) is 0 Å². The van der Waals surface area contributed by atoms with Gasteiger partial charge in [0.25, 0.3) is 0 Å².